The number of hydrogen-bond acceptors (Lipinski definition) is 3. The molecule has 0 radical (unpaired) electrons. The van der Waals surface area contributed by atoms with Crippen molar-refractivity contribution in [2.75, 3.05) is 13.2 Å². The van der Waals surface area contributed by atoms with Crippen LogP contribution in [-0.2, 0) is 4.74 Å². The van der Waals surface area contributed by atoms with Gasteiger partial charge < -0.3 is 15.6 Å². The Morgan fingerprint density at radius 3 is 2.59 bits per heavy atom. The van der Waals surface area contributed by atoms with Crippen LogP contribution < -0.4 is 5.73 Å². The first-order valence-electron chi connectivity index (χ1n) is 5.61. The van der Waals surface area contributed by atoms with Crippen LogP contribution in [0.2, 0.25) is 10.0 Å². The van der Waals surface area contributed by atoms with Gasteiger partial charge in [0.25, 0.3) is 0 Å². The highest BCUT2D eigenvalue weighted by atomic mass is 35.5. The van der Waals surface area contributed by atoms with Crippen molar-refractivity contribution in [3.63, 3.8) is 0 Å². The standard InChI is InChI=1S/C12H15Cl2NO2/c13-9-2-1-8(12(16)10(9)14)11(15)7-3-5-17-6-4-7/h1-2,7,11,16H,3-6,15H2/t11-/m1/s1. The van der Waals surface area contributed by atoms with E-state index in [-0.39, 0.29) is 16.8 Å². The topological polar surface area (TPSA) is 55.5 Å². The molecular formula is C12H15Cl2NO2. The second-order valence-electron chi connectivity index (χ2n) is 4.27. The van der Waals surface area contributed by atoms with Crippen LogP contribution in [0.15, 0.2) is 12.1 Å². The fourth-order valence-corrected chi connectivity index (χ4v) is 2.48. The summed E-state index contributed by atoms with van der Waals surface area (Å²) in [5, 5.41) is 10.5. The zero-order valence-corrected chi connectivity index (χ0v) is 10.8. The molecule has 0 bridgehead atoms. The van der Waals surface area contributed by atoms with Crippen molar-refractivity contribution in [3.05, 3.63) is 27.7 Å². The summed E-state index contributed by atoms with van der Waals surface area (Å²) in [4.78, 5) is 0. The molecule has 1 aromatic carbocycles. The molecule has 0 aromatic heterocycles. The highest BCUT2D eigenvalue weighted by molar-refractivity contribution is 6.43. The van der Waals surface area contributed by atoms with Crippen LogP contribution in [-0.4, -0.2) is 18.3 Å². The van der Waals surface area contributed by atoms with Crippen molar-refractivity contribution < 1.29 is 9.84 Å². The minimum Gasteiger partial charge on any atom is -0.506 e. The summed E-state index contributed by atoms with van der Waals surface area (Å²) >= 11 is 11.7. The second-order valence-corrected chi connectivity index (χ2v) is 5.06. The predicted molar refractivity (Wildman–Crippen MR) is 68.6 cm³/mol. The molecular weight excluding hydrogens is 261 g/mol. The number of hydrogen-bond donors (Lipinski definition) is 2. The number of phenolic OH excluding ortho intramolecular Hbond substituents is 1. The Morgan fingerprint density at radius 2 is 1.94 bits per heavy atom. The van der Waals surface area contributed by atoms with E-state index in [1.165, 1.54) is 0 Å². The lowest BCUT2D eigenvalue weighted by Crippen LogP contribution is -2.27. The molecule has 1 aliphatic heterocycles. The lowest BCUT2D eigenvalue weighted by Gasteiger charge is -2.28. The molecule has 1 fully saturated rings. The van der Waals surface area contributed by atoms with Crippen LogP contribution in [0.4, 0.5) is 0 Å². The Morgan fingerprint density at radius 1 is 1.29 bits per heavy atom. The average molecular weight is 276 g/mol. The Hall–Kier alpha value is -0.480. The van der Waals surface area contributed by atoms with E-state index in [0.717, 1.165) is 26.1 Å². The van der Waals surface area contributed by atoms with Gasteiger partial charge in [0, 0.05) is 24.8 Å². The molecule has 0 amide bonds. The van der Waals surface area contributed by atoms with Crippen LogP contribution in [0, 0.1) is 5.92 Å². The van der Waals surface area contributed by atoms with Crippen LogP contribution >= 0.6 is 23.2 Å². The molecule has 0 saturated carbocycles. The van der Waals surface area contributed by atoms with Crippen LogP contribution in [0.1, 0.15) is 24.4 Å². The van der Waals surface area contributed by atoms with E-state index in [1.807, 2.05) is 0 Å². The van der Waals surface area contributed by atoms with Gasteiger partial charge in [-0.2, -0.15) is 0 Å². The molecule has 2 rings (SSSR count). The highest BCUT2D eigenvalue weighted by Crippen LogP contribution is 2.39. The first-order chi connectivity index (χ1) is 8.11. The van der Waals surface area contributed by atoms with E-state index >= 15 is 0 Å². The summed E-state index contributed by atoms with van der Waals surface area (Å²) in [6.45, 7) is 1.45. The number of rotatable bonds is 2. The van der Waals surface area contributed by atoms with Crippen molar-refractivity contribution in [2.45, 2.75) is 18.9 Å². The highest BCUT2D eigenvalue weighted by Gasteiger charge is 2.25. The molecule has 3 nitrogen and oxygen atoms in total. The minimum atomic E-state index is -0.228. The summed E-state index contributed by atoms with van der Waals surface area (Å²) in [5.74, 6) is 0.310. The van der Waals surface area contributed by atoms with E-state index in [9.17, 15) is 5.11 Å². The lowest BCUT2D eigenvalue weighted by atomic mass is 9.87. The molecule has 3 N–H and O–H groups in total. The third kappa shape index (κ3) is 2.68. The number of phenols is 1. The smallest absolute Gasteiger partial charge is 0.140 e. The summed E-state index contributed by atoms with van der Waals surface area (Å²) in [6.07, 6.45) is 1.81. The van der Waals surface area contributed by atoms with Crippen molar-refractivity contribution in [2.24, 2.45) is 11.7 Å². The first kappa shape index (κ1) is 13.0. The maximum absolute atomic E-state index is 9.95. The normalized spacial score (nSPS) is 19.2. The van der Waals surface area contributed by atoms with Gasteiger partial charge in [0.1, 0.15) is 10.8 Å². The fraction of sp³-hybridized carbons (Fsp3) is 0.500. The summed E-state index contributed by atoms with van der Waals surface area (Å²) in [5.41, 5.74) is 6.83. The molecule has 5 heteroatoms. The van der Waals surface area contributed by atoms with Gasteiger partial charge in [0.05, 0.1) is 5.02 Å². The van der Waals surface area contributed by atoms with Gasteiger partial charge in [-0.3, -0.25) is 0 Å². The molecule has 0 aliphatic carbocycles. The zero-order chi connectivity index (χ0) is 12.4. The molecule has 1 aliphatic rings. The summed E-state index contributed by atoms with van der Waals surface area (Å²) in [6, 6.07) is 3.18. The summed E-state index contributed by atoms with van der Waals surface area (Å²) < 4.78 is 5.29. The quantitative estimate of drug-likeness (QED) is 0.872. The van der Waals surface area contributed by atoms with Crippen LogP contribution in [0.25, 0.3) is 0 Å². The predicted octanol–water partition coefficient (Wildman–Crippen LogP) is 3.13. The maximum Gasteiger partial charge on any atom is 0.140 e. The van der Waals surface area contributed by atoms with Gasteiger partial charge in [0.2, 0.25) is 0 Å². The van der Waals surface area contributed by atoms with Gasteiger partial charge >= 0.3 is 0 Å². The maximum atomic E-state index is 9.95. The molecule has 94 valence electrons. The summed E-state index contributed by atoms with van der Waals surface area (Å²) in [7, 11) is 0. The molecule has 1 saturated heterocycles. The number of nitrogens with two attached hydrogens (primary N) is 1. The number of benzene rings is 1. The van der Waals surface area contributed by atoms with Crippen molar-refractivity contribution in [3.8, 4) is 5.75 Å². The van der Waals surface area contributed by atoms with E-state index in [4.69, 9.17) is 33.7 Å². The van der Waals surface area contributed by atoms with E-state index < -0.39 is 0 Å². The number of ether oxygens (including phenoxy) is 1. The fourth-order valence-electron chi connectivity index (χ4n) is 2.15. The second kappa shape index (κ2) is 5.44. The largest absolute Gasteiger partial charge is 0.506 e. The van der Waals surface area contributed by atoms with E-state index in [2.05, 4.69) is 0 Å². The number of aromatic hydroxyl groups is 1. The van der Waals surface area contributed by atoms with Gasteiger partial charge in [-0.25, -0.2) is 0 Å². The first-order valence-corrected chi connectivity index (χ1v) is 6.37. The van der Waals surface area contributed by atoms with Gasteiger partial charge in [0.15, 0.2) is 0 Å². The molecule has 1 aromatic rings. The SMILES string of the molecule is N[C@@H](c1ccc(Cl)c(Cl)c1O)C1CCOCC1. The Labute approximate surface area is 110 Å². The van der Waals surface area contributed by atoms with Gasteiger partial charge in [-0.05, 0) is 24.8 Å². The molecule has 1 atom stereocenters. The van der Waals surface area contributed by atoms with Gasteiger partial charge in [-0.1, -0.05) is 29.3 Å². The Kier molecular flexibility index (Phi) is 4.15. The van der Waals surface area contributed by atoms with E-state index in [0.29, 0.717) is 16.5 Å². The Balaban J connectivity index is 2.24. The monoisotopic (exact) mass is 275 g/mol. The molecule has 0 unspecified atom stereocenters. The Bertz CT molecular complexity index is 406. The van der Waals surface area contributed by atoms with Crippen molar-refractivity contribution >= 4 is 23.2 Å². The third-order valence-corrected chi connectivity index (χ3v) is 4.03. The zero-order valence-electron chi connectivity index (χ0n) is 9.33. The van der Waals surface area contributed by atoms with Gasteiger partial charge in [-0.15, -0.1) is 0 Å². The number of halogens is 2. The molecule has 0 spiro atoms. The molecule has 1 heterocycles. The van der Waals surface area contributed by atoms with Crippen LogP contribution in [0.5, 0.6) is 5.75 Å². The minimum absolute atomic E-state index is 0.00171. The average Bonchev–Trinajstić information content (AvgIpc) is 2.36. The van der Waals surface area contributed by atoms with Crippen LogP contribution in [0.3, 0.4) is 0 Å². The van der Waals surface area contributed by atoms with Crippen molar-refractivity contribution in [1.29, 1.82) is 0 Å². The van der Waals surface area contributed by atoms with E-state index in [1.54, 1.807) is 12.1 Å². The lowest BCUT2D eigenvalue weighted by molar-refractivity contribution is 0.0581. The third-order valence-electron chi connectivity index (χ3n) is 3.23. The molecule has 17 heavy (non-hydrogen) atoms. The van der Waals surface area contributed by atoms with Crippen molar-refractivity contribution in [1.82, 2.24) is 0 Å².